The number of aromatic amines is 1. The van der Waals surface area contributed by atoms with Crippen LogP contribution in [0.4, 0.5) is 5.69 Å². The van der Waals surface area contributed by atoms with E-state index in [0.717, 1.165) is 6.42 Å². The van der Waals surface area contributed by atoms with Crippen LogP contribution in [0.25, 0.3) is 11.4 Å². The molecule has 1 aromatic carbocycles. The van der Waals surface area contributed by atoms with E-state index in [1.54, 1.807) is 18.2 Å². The highest BCUT2D eigenvalue weighted by Gasteiger charge is 2.11. The Morgan fingerprint density at radius 3 is 3.00 bits per heavy atom. The van der Waals surface area contributed by atoms with Gasteiger partial charge in [0.15, 0.2) is 5.82 Å². The Morgan fingerprint density at radius 2 is 2.33 bits per heavy atom. The fourth-order valence-electron chi connectivity index (χ4n) is 1.54. The second kappa shape index (κ2) is 5.59. The van der Waals surface area contributed by atoms with Gasteiger partial charge in [0.1, 0.15) is 0 Å². The van der Waals surface area contributed by atoms with Gasteiger partial charge in [-0.3, -0.25) is 4.79 Å². The van der Waals surface area contributed by atoms with Crippen molar-refractivity contribution >= 4 is 23.2 Å². The van der Waals surface area contributed by atoms with E-state index in [9.17, 15) is 4.79 Å². The smallest absolute Gasteiger partial charge is 0.224 e. The van der Waals surface area contributed by atoms with Crippen LogP contribution in [0.5, 0.6) is 0 Å². The minimum atomic E-state index is -0.0616. The standard InChI is InChI=1S/C11H12ClN5O/c1-2-3-10(18)13-9-6-7(12)4-5-8(9)11-14-16-17-15-11/h4-6H,2-3H2,1H3,(H,13,18)(H,14,15,16,17). The van der Waals surface area contributed by atoms with Crippen LogP contribution in [0, 0.1) is 0 Å². The summed E-state index contributed by atoms with van der Waals surface area (Å²) in [6.07, 6.45) is 1.24. The molecule has 0 saturated heterocycles. The van der Waals surface area contributed by atoms with Crippen LogP contribution >= 0.6 is 11.6 Å². The Hall–Kier alpha value is -1.95. The van der Waals surface area contributed by atoms with E-state index in [1.807, 2.05) is 6.92 Å². The van der Waals surface area contributed by atoms with Crippen LogP contribution in [0.3, 0.4) is 0 Å². The molecular formula is C11H12ClN5O. The molecule has 0 spiro atoms. The zero-order valence-corrected chi connectivity index (χ0v) is 10.5. The molecule has 0 bridgehead atoms. The summed E-state index contributed by atoms with van der Waals surface area (Å²) in [7, 11) is 0. The number of hydrogen-bond donors (Lipinski definition) is 2. The fourth-order valence-corrected chi connectivity index (χ4v) is 1.71. The number of nitrogens with zero attached hydrogens (tertiary/aromatic N) is 3. The van der Waals surface area contributed by atoms with Gasteiger partial charge in [0.25, 0.3) is 0 Å². The minimum absolute atomic E-state index is 0.0616. The Balaban J connectivity index is 2.32. The number of carbonyl (C=O) groups excluding carboxylic acids is 1. The number of carbonyl (C=O) groups is 1. The second-order valence-electron chi connectivity index (χ2n) is 3.74. The van der Waals surface area contributed by atoms with Gasteiger partial charge in [0.2, 0.25) is 5.91 Å². The lowest BCUT2D eigenvalue weighted by atomic mass is 10.1. The molecule has 6 nitrogen and oxygen atoms in total. The van der Waals surface area contributed by atoms with Crippen LogP contribution < -0.4 is 5.32 Å². The number of tetrazole rings is 1. The van der Waals surface area contributed by atoms with Crippen molar-refractivity contribution < 1.29 is 4.79 Å². The van der Waals surface area contributed by atoms with E-state index < -0.39 is 0 Å². The summed E-state index contributed by atoms with van der Waals surface area (Å²) in [5, 5.41) is 16.8. The van der Waals surface area contributed by atoms with Crippen LogP contribution in [0.2, 0.25) is 5.02 Å². The number of amides is 1. The Labute approximate surface area is 109 Å². The molecule has 0 fully saturated rings. The van der Waals surface area contributed by atoms with Gasteiger partial charge in [0, 0.05) is 17.0 Å². The van der Waals surface area contributed by atoms with Crippen molar-refractivity contribution in [3.05, 3.63) is 23.2 Å². The number of hydrogen-bond acceptors (Lipinski definition) is 4. The van der Waals surface area contributed by atoms with Gasteiger partial charge in [-0.05, 0) is 35.0 Å². The lowest BCUT2D eigenvalue weighted by Crippen LogP contribution is -2.11. The van der Waals surface area contributed by atoms with Crippen LogP contribution in [0.15, 0.2) is 18.2 Å². The van der Waals surface area contributed by atoms with Crippen molar-refractivity contribution in [1.29, 1.82) is 0 Å². The molecule has 2 rings (SSSR count). The first-order chi connectivity index (χ1) is 8.70. The molecule has 0 saturated carbocycles. The Kier molecular flexibility index (Phi) is 3.88. The lowest BCUT2D eigenvalue weighted by Gasteiger charge is -2.09. The monoisotopic (exact) mass is 265 g/mol. The molecule has 1 heterocycles. The predicted molar refractivity (Wildman–Crippen MR) is 68.2 cm³/mol. The molecule has 0 aliphatic rings. The fraction of sp³-hybridized carbons (Fsp3) is 0.273. The summed E-state index contributed by atoms with van der Waals surface area (Å²) in [6.45, 7) is 1.94. The van der Waals surface area contributed by atoms with Crippen LogP contribution in [-0.2, 0) is 4.79 Å². The first-order valence-corrected chi connectivity index (χ1v) is 5.92. The SMILES string of the molecule is CCCC(=O)Nc1cc(Cl)ccc1-c1nnn[nH]1. The average Bonchev–Trinajstić information content (AvgIpc) is 2.83. The van der Waals surface area contributed by atoms with Crippen molar-refractivity contribution in [2.45, 2.75) is 19.8 Å². The molecule has 18 heavy (non-hydrogen) atoms. The van der Waals surface area contributed by atoms with E-state index >= 15 is 0 Å². The first kappa shape index (κ1) is 12.5. The highest BCUT2D eigenvalue weighted by Crippen LogP contribution is 2.27. The van der Waals surface area contributed by atoms with E-state index in [-0.39, 0.29) is 5.91 Å². The van der Waals surface area contributed by atoms with E-state index in [1.165, 1.54) is 0 Å². The summed E-state index contributed by atoms with van der Waals surface area (Å²) >= 11 is 5.93. The van der Waals surface area contributed by atoms with E-state index in [0.29, 0.717) is 28.5 Å². The van der Waals surface area contributed by atoms with Crippen LogP contribution in [0.1, 0.15) is 19.8 Å². The van der Waals surface area contributed by atoms with Gasteiger partial charge in [-0.2, -0.15) is 0 Å². The average molecular weight is 266 g/mol. The normalized spacial score (nSPS) is 10.3. The quantitative estimate of drug-likeness (QED) is 0.888. The second-order valence-corrected chi connectivity index (χ2v) is 4.17. The minimum Gasteiger partial charge on any atom is -0.325 e. The molecule has 0 atom stereocenters. The van der Waals surface area contributed by atoms with E-state index in [2.05, 4.69) is 25.9 Å². The number of anilines is 1. The third-order valence-corrected chi connectivity index (χ3v) is 2.57. The number of rotatable bonds is 4. The predicted octanol–water partition coefficient (Wildman–Crippen LogP) is 2.26. The lowest BCUT2D eigenvalue weighted by molar-refractivity contribution is -0.116. The maximum absolute atomic E-state index is 11.6. The molecular weight excluding hydrogens is 254 g/mol. The van der Waals surface area contributed by atoms with E-state index in [4.69, 9.17) is 11.6 Å². The van der Waals surface area contributed by atoms with Gasteiger partial charge in [-0.1, -0.05) is 18.5 Å². The molecule has 7 heteroatoms. The summed E-state index contributed by atoms with van der Waals surface area (Å²) in [5.74, 6) is 0.423. The van der Waals surface area contributed by atoms with Gasteiger partial charge in [-0.25, -0.2) is 5.10 Å². The molecule has 1 amide bonds. The van der Waals surface area contributed by atoms with Gasteiger partial charge < -0.3 is 5.32 Å². The summed E-state index contributed by atoms with van der Waals surface area (Å²) in [6, 6.07) is 5.15. The zero-order chi connectivity index (χ0) is 13.0. The summed E-state index contributed by atoms with van der Waals surface area (Å²) < 4.78 is 0. The maximum Gasteiger partial charge on any atom is 0.224 e. The highest BCUT2D eigenvalue weighted by atomic mass is 35.5. The summed E-state index contributed by atoms with van der Waals surface area (Å²) in [4.78, 5) is 11.6. The number of H-pyrrole nitrogens is 1. The molecule has 0 unspecified atom stereocenters. The first-order valence-electron chi connectivity index (χ1n) is 5.54. The van der Waals surface area contributed by atoms with Crippen LogP contribution in [-0.4, -0.2) is 26.5 Å². The van der Waals surface area contributed by atoms with Crippen molar-refractivity contribution in [2.75, 3.05) is 5.32 Å². The molecule has 1 aromatic heterocycles. The summed E-state index contributed by atoms with van der Waals surface area (Å²) in [5.41, 5.74) is 1.30. The van der Waals surface area contributed by atoms with Gasteiger partial charge in [-0.15, -0.1) is 5.10 Å². The Morgan fingerprint density at radius 1 is 1.50 bits per heavy atom. The Bertz CT molecular complexity index is 540. The van der Waals surface area contributed by atoms with Crippen molar-refractivity contribution in [1.82, 2.24) is 20.6 Å². The largest absolute Gasteiger partial charge is 0.325 e. The number of nitrogens with one attached hydrogen (secondary N) is 2. The maximum atomic E-state index is 11.6. The van der Waals surface area contributed by atoms with Crippen molar-refractivity contribution in [3.8, 4) is 11.4 Å². The molecule has 94 valence electrons. The highest BCUT2D eigenvalue weighted by molar-refractivity contribution is 6.31. The van der Waals surface area contributed by atoms with Crippen molar-refractivity contribution in [3.63, 3.8) is 0 Å². The zero-order valence-electron chi connectivity index (χ0n) is 9.77. The third-order valence-electron chi connectivity index (χ3n) is 2.33. The molecule has 0 radical (unpaired) electrons. The van der Waals surface area contributed by atoms with Gasteiger partial charge >= 0.3 is 0 Å². The number of aromatic nitrogens is 4. The number of halogens is 1. The molecule has 2 aromatic rings. The third kappa shape index (κ3) is 2.84. The topological polar surface area (TPSA) is 83.6 Å². The molecule has 0 aliphatic heterocycles. The molecule has 2 N–H and O–H groups in total. The molecule has 0 aliphatic carbocycles. The van der Waals surface area contributed by atoms with Gasteiger partial charge in [0.05, 0.1) is 5.69 Å². The van der Waals surface area contributed by atoms with Crippen molar-refractivity contribution in [2.24, 2.45) is 0 Å². The number of benzene rings is 1.